The molecule has 6 heteroatoms. The molecule has 1 aromatic heterocycles. The van der Waals surface area contributed by atoms with E-state index in [1.807, 2.05) is 30.3 Å². The highest BCUT2D eigenvalue weighted by Crippen LogP contribution is 2.33. The van der Waals surface area contributed by atoms with Gasteiger partial charge in [0.15, 0.2) is 0 Å². The number of carboxylic acid groups (broad SMARTS) is 1. The number of carbonyl (C=O) groups is 2. The van der Waals surface area contributed by atoms with Crippen LogP contribution in [-0.2, 0) is 4.79 Å². The number of nitrogens with zero attached hydrogens (tertiary/aromatic N) is 2. The molecule has 1 amide bonds. The molecule has 3 rings (SSSR count). The average Bonchev–Trinajstić information content (AvgIpc) is 3.27. The molecule has 114 valence electrons. The standard InChI is InChI=1S/C16H17N3O3/c1-10-13(9-19(18-10)12-5-3-2-4-6-12)15(20)17-14(16(21)22)11-7-8-11/h2-6,9,11,14H,7-8H2,1H3,(H,17,20)(H,21,22). The Morgan fingerprint density at radius 2 is 2.00 bits per heavy atom. The number of aromatic nitrogens is 2. The fourth-order valence-electron chi connectivity index (χ4n) is 2.43. The lowest BCUT2D eigenvalue weighted by atomic mass is 10.1. The number of carbonyl (C=O) groups excluding carboxylic acids is 1. The first-order valence-electron chi connectivity index (χ1n) is 7.21. The third-order valence-electron chi connectivity index (χ3n) is 3.81. The SMILES string of the molecule is Cc1nn(-c2ccccc2)cc1C(=O)NC(C(=O)O)C1CC1. The van der Waals surface area contributed by atoms with Crippen LogP contribution in [0.3, 0.4) is 0 Å². The minimum absolute atomic E-state index is 0.0472. The second-order valence-corrected chi connectivity index (χ2v) is 5.54. The first kappa shape index (κ1) is 14.3. The Bertz CT molecular complexity index is 705. The molecule has 22 heavy (non-hydrogen) atoms. The molecule has 2 aromatic rings. The van der Waals surface area contributed by atoms with E-state index in [9.17, 15) is 14.7 Å². The molecule has 1 aromatic carbocycles. The predicted molar refractivity (Wildman–Crippen MR) is 79.9 cm³/mol. The number of aryl methyl sites for hydroxylation is 1. The minimum atomic E-state index is -0.982. The maximum atomic E-state index is 12.3. The van der Waals surface area contributed by atoms with E-state index >= 15 is 0 Å². The van der Waals surface area contributed by atoms with Crippen LogP contribution in [-0.4, -0.2) is 32.8 Å². The molecule has 0 saturated heterocycles. The maximum absolute atomic E-state index is 12.3. The third-order valence-corrected chi connectivity index (χ3v) is 3.81. The summed E-state index contributed by atoms with van der Waals surface area (Å²) in [5.41, 5.74) is 1.82. The van der Waals surface area contributed by atoms with Gasteiger partial charge in [0, 0.05) is 6.20 Å². The predicted octanol–water partition coefficient (Wildman–Crippen LogP) is 1.77. The van der Waals surface area contributed by atoms with Crippen molar-refractivity contribution in [1.29, 1.82) is 0 Å². The summed E-state index contributed by atoms with van der Waals surface area (Å²) >= 11 is 0. The number of hydrogen-bond acceptors (Lipinski definition) is 3. The smallest absolute Gasteiger partial charge is 0.326 e. The molecular weight excluding hydrogens is 282 g/mol. The maximum Gasteiger partial charge on any atom is 0.326 e. The van der Waals surface area contributed by atoms with E-state index in [0.717, 1.165) is 18.5 Å². The molecule has 0 radical (unpaired) electrons. The Kier molecular flexibility index (Phi) is 3.66. The van der Waals surface area contributed by atoms with Crippen LogP contribution in [0.1, 0.15) is 28.9 Å². The monoisotopic (exact) mass is 299 g/mol. The highest BCUT2D eigenvalue weighted by atomic mass is 16.4. The second kappa shape index (κ2) is 5.63. The molecule has 1 atom stereocenters. The number of nitrogens with one attached hydrogen (secondary N) is 1. The topological polar surface area (TPSA) is 84.2 Å². The van der Waals surface area contributed by atoms with E-state index in [2.05, 4.69) is 10.4 Å². The molecule has 6 nitrogen and oxygen atoms in total. The van der Waals surface area contributed by atoms with Gasteiger partial charge < -0.3 is 10.4 Å². The number of carboxylic acids is 1. The van der Waals surface area contributed by atoms with Gasteiger partial charge in [0.25, 0.3) is 5.91 Å². The Hall–Kier alpha value is -2.63. The van der Waals surface area contributed by atoms with E-state index in [4.69, 9.17) is 0 Å². The van der Waals surface area contributed by atoms with Crippen LogP contribution in [0, 0.1) is 12.8 Å². The van der Waals surface area contributed by atoms with Gasteiger partial charge in [-0.15, -0.1) is 0 Å². The lowest BCUT2D eigenvalue weighted by molar-refractivity contribution is -0.139. The number of hydrogen-bond donors (Lipinski definition) is 2. The van der Waals surface area contributed by atoms with Crippen molar-refractivity contribution < 1.29 is 14.7 Å². The molecular formula is C16H17N3O3. The molecule has 0 bridgehead atoms. The Morgan fingerprint density at radius 3 is 2.59 bits per heavy atom. The van der Waals surface area contributed by atoms with Gasteiger partial charge in [-0.3, -0.25) is 4.79 Å². The molecule has 1 aliphatic rings. The van der Waals surface area contributed by atoms with Crippen molar-refractivity contribution >= 4 is 11.9 Å². The van der Waals surface area contributed by atoms with Gasteiger partial charge in [-0.25, -0.2) is 9.48 Å². The van der Waals surface area contributed by atoms with Gasteiger partial charge in [-0.05, 0) is 37.8 Å². The molecule has 2 N–H and O–H groups in total. The number of para-hydroxylation sites is 1. The Morgan fingerprint density at radius 1 is 1.32 bits per heavy atom. The van der Waals surface area contributed by atoms with E-state index in [1.54, 1.807) is 17.8 Å². The highest BCUT2D eigenvalue weighted by Gasteiger charge is 2.37. The van der Waals surface area contributed by atoms with Crippen molar-refractivity contribution in [2.24, 2.45) is 5.92 Å². The summed E-state index contributed by atoms with van der Waals surface area (Å²) in [6.07, 6.45) is 3.32. The summed E-state index contributed by atoms with van der Waals surface area (Å²) < 4.78 is 1.62. The van der Waals surface area contributed by atoms with Crippen molar-refractivity contribution in [2.75, 3.05) is 0 Å². The molecule has 0 spiro atoms. The summed E-state index contributed by atoms with van der Waals surface area (Å²) in [5.74, 6) is -1.33. The second-order valence-electron chi connectivity index (χ2n) is 5.54. The van der Waals surface area contributed by atoms with Gasteiger partial charge in [-0.2, -0.15) is 5.10 Å². The fraction of sp³-hybridized carbons (Fsp3) is 0.312. The Labute approximate surface area is 127 Å². The van der Waals surface area contributed by atoms with Crippen LogP contribution in [0.25, 0.3) is 5.69 Å². The molecule has 1 saturated carbocycles. The Balaban J connectivity index is 1.81. The van der Waals surface area contributed by atoms with Crippen LogP contribution in [0.2, 0.25) is 0 Å². The summed E-state index contributed by atoms with van der Waals surface area (Å²) in [6.45, 7) is 1.74. The van der Waals surface area contributed by atoms with Gasteiger partial charge >= 0.3 is 5.97 Å². The van der Waals surface area contributed by atoms with Crippen LogP contribution in [0.5, 0.6) is 0 Å². The molecule has 1 unspecified atom stereocenters. The molecule has 0 aliphatic heterocycles. The minimum Gasteiger partial charge on any atom is -0.480 e. The number of amides is 1. The van der Waals surface area contributed by atoms with Crippen molar-refractivity contribution in [3.8, 4) is 5.69 Å². The average molecular weight is 299 g/mol. The van der Waals surface area contributed by atoms with E-state index in [0.29, 0.717) is 11.3 Å². The number of aliphatic carboxylic acids is 1. The van der Waals surface area contributed by atoms with Gasteiger partial charge in [0.2, 0.25) is 0 Å². The van der Waals surface area contributed by atoms with Gasteiger partial charge in [0.05, 0.1) is 16.9 Å². The van der Waals surface area contributed by atoms with Gasteiger partial charge in [0.1, 0.15) is 6.04 Å². The lowest BCUT2D eigenvalue weighted by Gasteiger charge is -2.12. The molecule has 1 aliphatic carbocycles. The van der Waals surface area contributed by atoms with Crippen molar-refractivity contribution in [1.82, 2.24) is 15.1 Å². The molecule has 1 heterocycles. The normalized spacial score (nSPS) is 15.3. The quantitative estimate of drug-likeness (QED) is 0.881. The van der Waals surface area contributed by atoms with E-state index < -0.39 is 12.0 Å². The summed E-state index contributed by atoms with van der Waals surface area (Å²) in [6, 6.07) is 8.64. The summed E-state index contributed by atoms with van der Waals surface area (Å²) in [7, 11) is 0. The highest BCUT2D eigenvalue weighted by molar-refractivity contribution is 5.97. The van der Waals surface area contributed by atoms with Crippen molar-refractivity contribution in [3.63, 3.8) is 0 Å². The van der Waals surface area contributed by atoms with E-state index in [-0.39, 0.29) is 11.8 Å². The zero-order valence-electron chi connectivity index (χ0n) is 12.2. The van der Waals surface area contributed by atoms with Gasteiger partial charge in [-0.1, -0.05) is 18.2 Å². The zero-order valence-corrected chi connectivity index (χ0v) is 12.2. The number of benzene rings is 1. The first-order valence-corrected chi connectivity index (χ1v) is 7.21. The third kappa shape index (κ3) is 2.86. The van der Waals surface area contributed by atoms with Crippen molar-refractivity contribution in [2.45, 2.75) is 25.8 Å². The van der Waals surface area contributed by atoms with Crippen molar-refractivity contribution in [3.05, 3.63) is 47.8 Å². The largest absolute Gasteiger partial charge is 0.480 e. The lowest BCUT2D eigenvalue weighted by Crippen LogP contribution is -2.42. The van der Waals surface area contributed by atoms with Crippen LogP contribution >= 0.6 is 0 Å². The summed E-state index contributed by atoms with van der Waals surface area (Å²) in [5, 5.41) is 16.1. The summed E-state index contributed by atoms with van der Waals surface area (Å²) in [4.78, 5) is 23.6. The zero-order chi connectivity index (χ0) is 15.7. The van der Waals surface area contributed by atoms with Crippen LogP contribution in [0.4, 0.5) is 0 Å². The number of rotatable bonds is 5. The molecule has 1 fully saturated rings. The van der Waals surface area contributed by atoms with E-state index in [1.165, 1.54) is 0 Å². The first-order chi connectivity index (χ1) is 10.6. The van der Waals surface area contributed by atoms with Crippen LogP contribution in [0.15, 0.2) is 36.5 Å². The fourth-order valence-corrected chi connectivity index (χ4v) is 2.43. The van der Waals surface area contributed by atoms with Crippen LogP contribution < -0.4 is 5.32 Å².